The summed E-state index contributed by atoms with van der Waals surface area (Å²) in [7, 11) is 4.12. The van der Waals surface area contributed by atoms with Crippen LogP contribution in [0.15, 0.2) is 35.6 Å². The molecule has 0 saturated heterocycles. The van der Waals surface area contributed by atoms with Gasteiger partial charge in [-0.1, -0.05) is 24.3 Å². The van der Waals surface area contributed by atoms with Crippen LogP contribution in [0.4, 0.5) is 0 Å². The van der Waals surface area contributed by atoms with E-state index < -0.39 is 0 Å². The predicted octanol–water partition coefficient (Wildman–Crippen LogP) is 2.97. The van der Waals surface area contributed by atoms with Crippen molar-refractivity contribution in [3.63, 3.8) is 0 Å². The largest absolute Gasteiger partial charge is 0.378 e. The summed E-state index contributed by atoms with van der Waals surface area (Å²) in [4.78, 5) is 2.13. The quantitative estimate of drug-likeness (QED) is 0.581. The third-order valence-corrected chi connectivity index (χ3v) is 1.66. The lowest BCUT2D eigenvalue weighted by Gasteiger charge is -2.19. The van der Waals surface area contributed by atoms with Crippen molar-refractivity contribution in [2.24, 2.45) is 0 Å². The van der Waals surface area contributed by atoms with E-state index in [1.165, 1.54) is 16.8 Å². The summed E-state index contributed by atoms with van der Waals surface area (Å²) in [6, 6.07) is 0. The van der Waals surface area contributed by atoms with Gasteiger partial charge in [-0.3, -0.25) is 0 Å². The molecule has 0 aliphatic heterocycles. The van der Waals surface area contributed by atoms with Crippen LogP contribution in [-0.2, 0) is 0 Å². The molecule has 0 aliphatic rings. The van der Waals surface area contributed by atoms with E-state index in [0.717, 1.165) is 0 Å². The second kappa shape index (κ2) is 4.81. The third kappa shape index (κ3) is 2.95. The van der Waals surface area contributed by atoms with Gasteiger partial charge in [0.1, 0.15) is 0 Å². The van der Waals surface area contributed by atoms with Gasteiger partial charge in [0.15, 0.2) is 0 Å². The van der Waals surface area contributed by atoms with Gasteiger partial charge in [0.05, 0.1) is 0 Å². The molecule has 0 saturated carbocycles. The van der Waals surface area contributed by atoms with Crippen molar-refractivity contribution in [1.82, 2.24) is 4.90 Å². The zero-order valence-electron chi connectivity index (χ0n) is 8.81. The van der Waals surface area contributed by atoms with E-state index in [1.807, 2.05) is 12.2 Å². The summed E-state index contributed by atoms with van der Waals surface area (Å²) < 4.78 is 0. The Bertz CT molecular complexity index is 215. The first-order chi connectivity index (χ1) is 5.50. The fourth-order valence-electron chi connectivity index (χ4n) is 1.45. The first-order valence-electron chi connectivity index (χ1n) is 4.15. The number of nitrogens with zero attached hydrogens (tertiary/aromatic N) is 1. The fraction of sp³-hybridized carbons (Fsp3) is 0.455. The van der Waals surface area contributed by atoms with Crippen LogP contribution in [-0.4, -0.2) is 19.0 Å². The number of allylic oxidation sites excluding steroid dienone is 4. The Morgan fingerprint density at radius 2 is 1.67 bits per heavy atom. The van der Waals surface area contributed by atoms with Gasteiger partial charge in [-0.15, -0.1) is 0 Å². The maximum absolute atomic E-state index is 3.68. The average molecular weight is 165 g/mol. The summed E-state index contributed by atoms with van der Waals surface area (Å²) >= 11 is 0. The maximum atomic E-state index is 3.68. The summed E-state index contributed by atoms with van der Waals surface area (Å²) in [5.74, 6) is 0. The number of hydrogen-bond donors (Lipinski definition) is 0. The monoisotopic (exact) mass is 165 g/mol. The Hall–Kier alpha value is -0.980. The lowest BCUT2D eigenvalue weighted by Crippen LogP contribution is -2.13. The summed E-state index contributed by atoms with van der Waals surface area (Å²) in [5.41, 5.74) is 3.88. The van der Waals surface area contributed by atoms with Gasteiger partial charge in [-0.25, -0.2) is 0 Å². The van der Waals surface area contributed by atoms with Gasteiger partial charge in [-0.2, -0.15) is 0 Å². The molecular formula is C11H19N. The second-order valence-corrected chi connectivity index (χ2v) is 3.33. The molecule has 0 spiro atoms. The van der Waals surface area contributed by atoms with Crippen LogP contribution in [0.1, 0.15) is 20.8 Å². The summed E-state index contributed by atoms with van der Waals surface area (Å²) in [6.45, 7) is 10.0. The molecule has 0 N–H and O–H groups in total. The van der Waals surface area contributed by atoms with E-state index in [2.05, 4.69) is 46.3 Å². The molecule has 1 heteroatoms. The lowest BCUT2D eigenvalue weighted by molar-refractivity contribution is 0.515. The molecule has 0 bridgehead atoms. The van der Waals surface area contributed by atoms with Gasteiger partial charge in [0.2, 0.25) is 0 Å². The molecule has 0 atom stereocenters. The Morgan fingerprint density at radius 1 is 1.17 bits per heavy atom. The maximum Gasteiger partial charge on any atom is 0.0376 e. The zero-order valence-corrected chi connectivity index (χ0v) is 8.81. The van der Waals surface area contributed by atoms with E-state index in [4.69, 9.17) is 0 Å². The van der Waals surface area contributed by atoms with Gasteiger partial charge in [-0.05, 0) is 26.3 Å². The number of hydrogen-bond acceptors (Lipinski definition) is 1. The van der Waals surface area contributed by atoms with Crippen LogP contribution in [0.25, 0.3) is 0 Å². The summed E-state index contributed by atoms with van der Waals surface area (Å²) in [6.07, 6.45) is 3.85. The SMILES string of the molecule is C=C/C=C(\C)C(=C(C)C)N(C)C. The first kappa shape index (κ1) is 11.0. The third-order valence-electron chi connectivity index (χ3n) is 1.66. The van der Waals surface area contributed by atoms with Crippen LogP contribution in [0.5, 0.6) is 0 Å². The van der Waals surface area contributed by atoms with E-state index in [-0.39, 0.29) is 0 Å². The average Bonchev–Trinajstić information content (AvgIpc) is 1.85. The van der Waals surface area contributed by atoms with E-state index in [1.54, 1.807) is 0 Å². The number of likely N-dealkylation sites (N-methyl/N-ethyl adjacent to an activating group) is 1. The molecule has 68 valence electrons. The predicted molar refractivity (Wildman–Crippen MR) is 56.0 cm³/mol. The van der Waals surface area contributed by atoms with Crippen molar-refractivity contribution in [1.29, 1.82) is 0 Å². The minimum Gasteiger partial charge on any atom is -0.378 e. The van der Waals surface area contributed by atoms with Crippen LogP contribution >= 0.6 is 0 Å². The van der Waals surface area contributed by atoms with E-state index in [0.29, 0.717) is 0 Å². The molecule has 1 nitrogen and oxygen atoms in total. The Balaban J connectivity index is 4.90. The minimum atomic E-state index is 1.26. The zero-order chi connectivity index (χ0) is 9.72. The van der Waals surface area contributed by atoms with Gasteiger partial charge in [0.25, 0.3) is 0 Å². The molecule has 0 rings (SSSR count). The minimum absolute atomic E-state index is 1.26. The molecule has 0 aromatic carbocycles. The summed E-state index contributed by atoms with van der Waals surface area (Å²) in [5, 5.41) is 0. The molecule has 0 unspecified atom stereocenters. The van der Waals surface area contributed by atoms with Crippen molar-refractivity contribution in [3.05, 3.63) is 35.6 Å². The highest BCUT2D eigenvalue weighted by Crippen LogP contribution is 2.16. The topological polar surface area (TPSA) is 3.24 Å². The van der Waals surface area contributed by atoms with Crippen molar-refractivity contribution in [3.8, 4) is 0 Å². The van der Waals surface area contributed by atoms with Gasteiger partial charge in [0, 0.05) is 19.8 Å². The normalized spacial score (nSPS) is 10.9. The van der Waals surface area contributed by atoms with Crippen LogP contribution in [0.2, 0.25) is 0 Å². The van der Waals surface area contributed by atoms with Gasteiger partial charge < -0.3 is 4.90 Å². The highest BCUT2D eigenvalue weighted by molar-refractivity contribution is 5.33. The Morgan fingerprint density at radius 3 is 1.92 bits per heavy atom. The molecule has 0 aliphatic carbocycles. The molecule has 12 heavy (non-hydrogen) atoms. The second-order valence-electron chi connectivity index (χ2n) is 3.33. The van der Waals surface area contributed by atoms with Gasteiger partial charge >= 0.3 is 0 Å². The first-order valence-corrected chi connectivity index (χ1v) is 4.15. The highest BCUT2D eigenvalue weighted by atomic mass is 15.1. The fourth-order valence-corrected chi connectivity index (χ4v) is 1.45. The van der Waals surface area contributed by atoms with Crippen molar-refractivity contribution >= 4 is 0 Å². The molecule has 0 heterocycles. The van der Waals surface area contributed by atoms with Crippen molar-refractivity contribution in [2.45, 2.75) is 20.8 Å². The van der Waals surface area contributed by atoms with Crippen molar-refractivity contribution < 1.29 is 0 Å². The van der Waals surface area contributed by atoms with E-state index >= 15 is 0 Å². The molecule has 0 fully saturated rings. The molecule has 0 amide bonds. The molecule has 0 radical (unpaired) electrons. The van der Waals surface area contributed by atoms with Crippen LogP contribution < -0.4 is 0 Å². The Labute approximate surface area is 76.1 Å². The molecule has 0 aromatic heterocycles. The molecular weight excluding hydrogens is 146 g/mol. The van der Waals surface area contributed by atoms with Crippen LogP contribution in [0, 0.1) is 0 Å². The van der Waals surface area contributed by atoms with Crippen molar-refractivity contribution in [2.75, 3.05) is 14.1 Å². The molecule has 0 aromatic rings. The highest BCUT2D eigenvalue weighted by Gasteiger charge is 2.02. The van der Waals surface area contributed by atoms with E-state index in [9.17, 15) is 0 Å². The lowest BCUT2D eigenvalue weighted by atomic mass is 10.1. The smallest absolute Gasteiger partial charge is 0.0376 e. The number of rotatable bonds is 3. The van der Waals surface area contributed by atoms with Crippen LogP contribution in [0.3, 0.4) is 0 Å². The standard InChI is InChI=1S/C11H19N/c1-7-8-10(4)11(9(2)3)12(5)6/h7-8H,1H2,2-6H3/b10-8+. The Kier molecular flexibility index (Phi) is 4.42.